The maximum absolute atomic E-state index is 10.4. The Kier molecular flexibility index (Phi) is 1.89. The van der Waals surface area contributed by atoms with Gasteiger partial charge < -0.3 is 5.11 Å². The van der Waals surface area contributed by atoms with Crippen molar-refractivity contribution in [3.05, 3.63) is 11.9 Å². The third-order valence-corrected chi connectivity index (χ3v) is 1.33. The van der Waals surface area contributed by atoms with Gasteiger partial charge in [0, 0.05) is 0 Å². The van der Waals surface area contributed by atoms with Crippen LogP contribution in [0.4, 0.5) is 0 Å². The van der Waals surface area contributed by atoms with E-state index in [1.807, 2.05) is 0 Å². The van der Waals surface area contributed by atoms with E-state index in [1.54, 1.807) is 6.92 Å². The molecule has 0 spiro atoms. The van der Waals surface area contributed by atoms with Crippen LogP contribution >= 0.6 is 0 Å². The van der Waals surface area contributed by atoms with Crippen molar-refractivity contribution >= 4 is 5.97 Å². The molecule has 0 aliphatic rings. The number of carboxylic acid groups (broad SMARTS) is 1. The zero-order valence-electron chi connectivity index (χ0n) is 6.35. The van der Waals surface area contributed by atoms with Crippen LogP contribution in [0, 0.1) is 6.92 Å². The van der Waals surface area contributed by atoms with Gasteiger partial charge in [-0.2, -0.15) is 15.0 Å². The van der Waals surface area contributed by atoms with E-state index in [2.05, 4.69) is 10.2 Å². The number of carboxylic acids is 1. The molecular weight excluding hydrogens is 146 g/mol. The molecule has 0 saturated heterocycles. The molecular formula is C6H9N3O2. The van der Waals surface area contributed by atoms with Gasteiger partial charge in [-0.05, 0) is 13.8 Å². The Morgan fingerprint density at radius 2 is 2.45 bits per heavy atom. The van der Waals surface area contributed by atoms with Crippen molar-refractivity contribution < 1.29 is 9.90 Å². The Bertz CT molecular complexity index is 269. The minimum Gasteiger partial charge on any atom is -0.480 e. The number of aliphatic carboxylic acids is 1. The lowest BCUT2D eigenvalue weighted by molar-refractivity contribution is -0.141. The molecule has 1 heterocycles. The standard InChI is InChI=1S/C6H9N3O2/c1-4-3-7-9(8-4)5(2)6(10)11/h3,5H,1-2H3,(H,10,11). The van der Waals surface area contributed by atoms with E-state index in [-0.39, 0.29) is 0 Å². The molecule has 0 amide bonds. The van der Waals surface area contributed by atoms with Gasteiger partial charge in [-0.25, -0.2) is 4.79 Å². The van der Waals surface area contributed by atoms with Crippen molar-refractivity contribution in [2.24, 2.45) is 0 Å². The predicted octanol–water partition coefficient (Wildman–Crippen LogP) is 0.232. The van der Waals surface area contributed by atoms with Crippen LogP contribution in [0.25, 0.3) is 0 Å². The maximum Gasteiger partial charge on any atom is 0.330 e. The molecule has 1 rings (SSSR count). The number of rotatable bonds is 2. The van der Waals surface area contributed by atoms with Gasteiger partial charge in [-0.15, -0.1) is 0 Å². The lowest BCUT2D eigenvalue weighted by atomic mass is 10.4. The van der Waals surface area contributed by atoms with E-state index >= 15 is 0 Å². The summed E-state index contributed by atoms with van der Waals surface area (Å²) in [5, 5.41) is 16.2. The fourth-order valence-electron chi connectivity index (χ4n) is 0.641. The Hall–Kier alpha value is -1.39. The van der Waals surface area contributed by atoms with Crippen molar-refractivity contribution in [2.45, 2.75) is 19.9 Å². The predicted molar refractivity (Wildman–Crippen MR) is 37.1 cm³/mol. The van der Waals surface area contributed by atoms with Gasteiger partial charge >= 0.3 is 5.97 Å². The Morgan fingerprint density at radius 3 is 2.82 bits per heavy atom. The molecule has 60 valence electrons. The van der Waals surface area contributed by atoms with Crippen molar-refractivity contribution in [3.8, 4) is 0 Å². The van der Waals surface area contributed by atoms with Crippen LogP contribution in [0.2, 0.25) is 0 Å². The molecule has 0 aromatic carbocycles. The van der Waals surface area contributed by atoms with E-state index in [0.29, 0.717) is 0 Å². The highest BCUT2D eigenvalue weighted by molar-refractivity contribution is 5.70. The van der Waals surface area contributed by atoms with Crippen molar-refractivity contribution in [1.29, 1.82) is 0 Å². The van der Waals surface area contributed by atoms with Crippen LogP contribution in [0.15, 0.2) is 6.20 Å². The number of nitrogens with zero attached hydrogens (tertiary/aromatic N) is 3. The number of hydrogen-bond acceptors (Lipinski definition) is 3. The number of carbonyl (C=O) groups is 1. The highest BCUT2D eigenvalue weighted by atomic mass is 16.4. The first-order chi connectivity index (χ1) is 5.11. The molecule has 1 unspecified atom stereocenters. The first-order valence-corrected chi connectivity index (χ1v) is 3.22. The SMILES string of the molecule is Cc1cnn(C(C)C(=O)O)n1. The van der Waals surface area contributed by atoms with Crippen molar-refractivity contribution in [1.82, 2.24) is 15.0 Å². The van der Waals surface area contributed by atoms with Gasteiger partial charge in [0.25, 0.3) is 0 Å². The summed E-state index contributed by atoms with van der Waals surface area (Å²) in [5.74, 6) is -0.930. The fourth-order valence-corrected chi connectivity index (χ4v) is 0.641. The summed E-state index contributed by atoms with van der Waals surface area (Å²) >= 11 is 0. The molecule has 11 heavy (non-hydrogen) atoms. The van der Waals surface area contributed by atoms with Crippen LogP contribution in [0.3, 0.4) is 0 Å². The second kappa shape index (κ2) is 2.69. The van der Waals surface area contributed by atoms with E-state index in [1.165, 1.54) is 17.9 Å². The molecule has 0 aliphatic heterocycles. The maximum atomic E-state index is 10.4. The smallest absolute Gasteiger partial charge is 0.330 e. The molecule has 1 aromatic rings. The summed E-state index contributed by atoms with van der Waals surface area (Å²) in [6.07, 6.45) is 1.53. The van der Waals surface area contributed by atoms with Crippen molar-refractivity contribution in [2.75, 3.05) is 0 Å². The average Bonchev–Trinajstić information content (AvgIpc) is 2.34. The zero-order valence-corrected chi connectivity index (χ0v) is 6.35. The van der Waals surface area contributed by atoms with Gasteiger partial charge in [0.1, 0.15) is 0 Å². The van der Waals surface area contributed by atoms with Crippen LogP contribution in [-0.4, -0.2) is 26.1 Å². The zero-order chi connectivity index (χ0) is 8.43. The Labute approximate surface area is 63.6 Å². The van der Waals surface area contributed by atoms with E-state index in [9.17, 15) is 4.79 Å². The van der Waals surface area contributed by atoms with E-state index in [0.717, 1.165) is 5.69 Å². The summed E-state index contributed by atoms with van der Waals surface area (Å²) in [4.78, 5) is 11.6. The van der Waals surface area contributed by atoms with Crippen LogP contribution < -0.4 is 0 Å². The second-order valence-electron chi connectivity index (χ2n) is 2.32. The minimum absolute atomic E-state index is 0.691. The van der Waals surface area contributed by atoms with Gasteiger partial charge in [-0.3, -0.25) is 0 Å². The molecule has 1 atom stereocenters. The van der Waals surface area contributed by atoms with Gasteiger partial charge in [0.15, 0.2) is 6.04 Å². The first-order valence-electron chi connectivity index (χ1n) is 3.22. The summed E-state index contributed by atoms with van der Waals surface area (Å²) in [5.41, 5.74) is 0.720. The highest BCUT2D eigenvalue weighted by Gasteiger charge is 2.14. The van der Waals surface area contributed by atoms with Crippen LogP contribution in [-0.2, 0) is 4.79 Å². The molecule has 0 aliphatic carbocycles. The van der Waals surface area contributed by atoms with Crippen LogP contribution in [0.1, 0.15) is 18.7 Å². The molecule has 0 saturated carbocycles. The summed E-state index contributed by atoms with van der Waals surface area (Å²) in [6, 6.07) is -0.691. The quantitative estimate of drug-likeness (QED) is 0.663. The molecule has 1 N–H and O–H groups in total. The average molecular weight is 155 g/mol. The van der Waals surface area contributed by atoms with Gasteiger partial charge in [0.2, 0.25) is 0 Å². The lowest BCUT2D eigenvalue weighted by Gasteiger charge is -2.02. The largest absolute Gasteiger partial charge is 0.480 e. The Balaban J connectivity index is 2.84. The van der Waals surface area contributed by atoms with E-state index in [4.69, 9.17) is 5.11 Å². The monoisotopic (exact) mass is 155 g/mol. The molecule has 0 bridgehead atoms. The molecule has 0 radical (unpaired) electrons. The Morgan fingerprint density at radius 1 is 1.82 bits per heavy atom. The highest BCUT2D eigenvalue weighted by Crippen LogP contribution is 2.01. The third kappa shape index (κ3) is 1.54. The summed E-state index contributed by atoms with van der Waals surface area (Å²) in [6.45, 7) is 3.29. The lowest BCUT2D eigenvalue weighted by Crippen LogP contribution is -2.17. The number of aryl methyl sites for hydroxylation is 1. The van der Waals surface area contributed by atoms with Crippen LogP contribution in [0.5, 0.6) is 0 Å². The molecule has 1 aromatic heterocycles. The van der Waals surface area contributed by atoms with Gasteiger partial charge in [0.05, 0.1) is 11.9 Å². The number of hydrogen-bond donors (Lipinski definition) is 1. The summed E-state index contributed by atoms with van der Waals surface area (Å²) in [7, 11) is 0. The summed E-state index contributed by atoms with van der Waals surface area (Å²) < 4.78 is 0. The third-order valence-electron chi connectivity index (χ3n) is 1.33. The van der Waals surface area contributed by atoms with E-state index < -0.39 is 12.0 Å². The van der Waals surface area contributed by atoms with Crippen molar-refractivity contribution in [3.63, 3.8) is 0 Å². The molecule has 0 fully saturated rings. The topological polar surface area (TPSA) is 68.0 Å². The first kappa shape index (κ1) is 7.71. The second-order valence-corrected chi connectivity index (χ2v) is 2.32. The minimum atomic E-state index is -0.930. The van der Waals surface area contributed by atoms with Gasteiger partial charge in [-0.1, -0.05) is 0 Å². The number of aromatic nitrogens is 3. The normalized spacial score (nSPS) is 12.9. The molecule has 5 heteroatoms. The molecule has 5 nitrogen and oxygen atoms in total. The fraction of sp³-hybridized carbons (Fsp3) is 0.500.